The molecule has 1 aromatic carbocycles. The number of rotatable bonds is 4. The highest BCUT2D eigenvalue weighted by Crippen LogP contribution is 2.47. The van der Waals surface area contributed by atoms with E-state index in [4.69, 9.17) is 4.84 Å². The first-order chi connectivity index (χ1) is 18.3. The van der Waals surface area contributed by atoms with E-state index in [1.54, 1.807) is 6.92 Å². The number of alkyl halides is 3. The van der Waals surface area contributed by atoms with Crippen LogP contribution in [0.15, 0.2) is 34.3 Å². The minimum Gasteiger partial charge on any atom is -0.503 e. The number of hydrogen-bond acceptors (Lipinski definition) is 6. The molecule has 208 valence electrons. The average molecular weight is 554 g/mol. The van der Waals surface area contributed by atoms with Crippen molar-refractivity contribution in [2.45, 2.75) is 63.0 Å². The number of carbonyl (C=O) groups is 2. The molecule has 1 aromatic heterocycles. The Morgan fingerprint density at radius 1 is 1.28 bits per heavy atom. The first kappa shape index (κ1) is 26.6. The number of hydrogen-bond donors (Lipinski definition) is 2. The van der Waals surface area contributed by atoms with Gasteiger partial charge in [0.25, 0.3) is 11.8 Å². The first-order valence-corrected chi connectivity index (χ1v) is 12.1. The molecule has 0 unspecified atom stereocenters. The van der Waals surface area contributed by atoms with Gasteiger partial charge in [-0.25, -0.2) is 8.78 Å². The second-order valence-electron chi connectivity index (χ2n) is 10.0. The van der Waals surface area contributed by atoms with Gasteiger partial charge in [-0.2, -0.15) is 13.2 Å². The molecule has 14 heteroatoms. The molecule has 2 amide bonds. The number of nitrogens with one attached hydrogen (secondary N) is 1. The molecule has 4 heterocycles. The number of nitrogens with zero attached hydrogens (tertiary/aromatic N) is 3. The van der Waals surface area contributed by atoms with Crippen LogP contribution >= 0.6 is 0 Å². The largest absolute Gasteiger partial charge is 0.503 e. The molecule has 0 saturated carbocycles. The number of pyridine rings is 1. The third-order valence-corrected chi connectivity index (χ3v) is 7.47. The van der Waals surface area contributed by atoms with Gasteiger partial charge in [0.1, 0.15) is 17.2 Å². The van der Waals surface area contributed by atoms with Crippen molar-refractivity contribution in [1.29, 1.82) is 0 Å². The van der Waals surface area contributed by atoms with Gasteiger partial charge in [0.2, 0.25) is 5.43 Å². The summed E-state index contributed by atoms with van der Waals surface area (Å²) in [6.45, 7) is 1.30. The van der Waals surface area contributed by atoms with Crippen molar-refractivity contribution >= 4 is 17.5 Å². The van der Waals surface area contributed by atoms with Gasteiger partial charge in [-0.1, -0.05) is 11.2 Å². The maximum absolute atomic E-state index is 14.0. The van der Waals surface area contributed by atoms with E-state index in [9.17, 15) is 41.4 Å². The molecular formula is C25H23F5N4O5. The van der Waals surface area contributed by atoms with Gasteiger partial charge in [-0.3, -0.25) is 14.4 Å². The van der Waals surface area contributed by atoms with Crippen molar-refractivity contribution in [2.75, 3.05) is 6.54 Å². The zero-order chi connectivity index (χ0) is 28.3. The Labute approximate surface area is 217 Å². The third kappa shape index (κ3) is 4.72. The van der Waals surface area contributed by atoms with Crippen molar-refractivity contribution in [1.82, 2.24) is 14.8 Å². The highest BCUT2D eigenvalue weighted by atomic mass is 19.4. The Balaban J connectivity index is 1.52. The van der Waals surface area contributed by atoms with Gasteiger partial charge in [-0.05, 0) is 25.8 Å². The van der Waals surface area contributed by atoms with Crippen LogP contribution in [-0.4, -0.2) is 56.5 Å². The van der Waals surface area contributed by atoms with Crippen LogP contribution in [0.25, 0.3) is 0 Å². The molecule has 1 saturated heterocycles. The Kier molecular flexibility index (Phi) is 6.38. The number of carbonyl (C=O) groups excluding carboxylic acids is 2. The van der Waals surface area contributed by atoms with Crippen LogP contribution < -0.4 is 10.7 Å². The summed E-state index contributed by atoms with van der Waals surface area (Å²) in [4.78, 5) is 46.3. The van der Waals surface area contributed by atoms with E-state index in [1.807, 2.05) is 0 Å². The molecule has 2 N–H and O–H groups in total. The van der Waals surface area contributed by atoms with E-state index in [-0.39, 0.29) is 36.7 Å². The summed E-state index contributed by atoms with van der Waals surface area (Å²) >= 11 is 0. The van der Waals surface area contributed by atoms with Crippen LogP contribution in [0.1, 0.15) is 65.1 Å². The second kappa shape index (κ2) is 9.35. The molecule has 9 nitrogen and oxygen atoms in total. The number of benzene rings is 1. The fourth-order valence-electron chi connectivity index (χ4n) is 5.45. The molecule has 3 aliphatic heterocycles. The van der Waals surface area contributed by atoms with Crippen molar-refractivity contribution in [2.24, 2.45) is 5.16 Å². The van der Waals surface area contributed by atoms with Gasteiger partial charge in [-0.15, -0.1) is 0 Å². The van der Waals surface area contributed by atoms with E-state index in [0.29, 0.717) is 12.5 Å². The van der Waals surface area contributed by atoms with Crippen LogP contribution in [-0.2, 0) is 11.4 Å². The van der Waals surface area contributed by atoms with Gasteiger partial charge >= 0.3 is 6.18 Å². The average Bonchev–Trinajstić information content (AvgIpc) is 3.20. The van der Waals surface area contributed by atoms with E-state index < -0.39 is 76.7 Å². The lowest BCUT2D eigenvalue weighted by atomic mass is 9.83. The Bertz CT molecular complexity index is 1460. The Morgan fingerprint density at radius 2 is 2.03 bits per heavy atom. The Morgan fingerprint density at radius 3 is 2.72 bits per heavy atom. The highest BCUT2D eigenvalue weighted by Gasteiger charge is 2.55. The monoisotopic (exact) mass is 554 g/mol. The van der Waals surface area contributed by atoms with Gasteiger partial charge in [0.05, 0.1) is 18.2 Å². The number of oxime groups is 1. The summed E-state index contributed by atoms with van der Waals surface area (Å²) in [6, 6.07) is 1.46. The lowest BCUT2D eigenvalue weighted by Gasteiger charge is -2.41. The zero-order valence-electron chi connectivity index (χ0n) is 20.5. The van der Waals surface area contributed by atoms with Crippen molar-refractivity contribution in [3.63, 3.8) is 0 Å². The predicted octanol–water partition coefficient (Wildman–Crippen LogP) is 3.41. The molecule has 0 radical (unpaired) electrons. The minimum absolute atomic E-state index is 0.0218. The number of halogens is 5. The predicted molar refractivity (Wildman–Crippen MR) is 125 cm³/mol. The van der Waals surface area contributed by atoms with Crippen LogP contribution in [0.4, 0.5) is 22.0 Å². The summed E-state index contributed by atoms with van der Waals surface area (Å²) in [6.07, 6.45) is -4.38. The van der Waals surface area contributed by atoms with E-state index in [0.717, 1.165) is 18.3 Å². The minimum atomic E-state index is -4.52. The van der Waals surface area contributed by atoms with Crippen LogP contribution in [0.2, 0.25) is 0 Å². The summed E-state index contributed by atoms with van der Waals surface area (Å²) in [5.74, 6) is -4.44. The van der Waals surface area contributed by atoms with Gasteiger partial charge in [0.15, 0.2) is 17.0 Å². The molecule has 39 heavy (non-hydrogen) atoms. The van der Waals surface area contributed by atoms with Crippen molar-refractivity contribution in [3.8, 4) is 5.75 Å². The van der Waals surface area contributed by atoms with Crippen LogP contribution in [0, 0.1) is 11.6 Å². The topological polar surface area (TPSA) is 113 Å². The SMILES string of the molecule is C[C@H]1CC[C@]2(CC(CC(F)(F)F)=NO2)[C@H]2CN1C(=O)c1c(O)c(=O)c(C(=O)NCc3ccc(F)cc3F)cn12. The molecule has 1 spiro atoms. The first-order valence-electron chi connectivity index (χ1n) is 12.1. The van der Waals surface area contributed by atoms with E-state index in [1.165, 1.54) is 9.47 Å². The number of aromatic nitrogens is 1. The number of aromatic hydroxyl groups is 1. The summed E-state index contributed by atoms with van der Waals surface area (Å²) < 4.78 is 67.6. The molecule has 2 aromatic rings. The van der Waals surface area contributed by atoms with Gasteiger partial charge in [0, 0.05) is 43.4 Å². The molecular weight excluding hydrogens is 531 g/mol. The number of fused-ring (bicyclic) bond motifs is 5. The molecule has 1 fully saturated rings. The molecule has 3 atom stereocenters. The molecule has 3 aliphatic rings. The van der Waals surface area contributed by atoms with E-state index >= 15 is 0 Å². The molecule has 0 aliphatic carbocycles. The fraction of sp³-hybridized carbons (Fsp3) is 0.440. The maximum atomic E-state index is 14.0. The molecule has 2 bridgehead atoms. The second-order valence-corrected chi connectivity index (χ2v) is 10.0. The summed E-state index contributed by atoms with van der Waals surface area (Å²) in [5.41, 5.74) is -3.78. The lowest BCUT2D eigenvalue weighted by Crippen LogP contribution is -2.52. The quantitative estimate of drug-likeness (QED) is 0.563. The fourth-order valence-corrected chi connectivity index (χ4v) is 5.45. The number of amides is 2. The highest BCUT2D eigenvalue weighted by molar-refractivity contribution is 5.99. The third-order valence-electron chi connectivity index (χ3n) is 7.47. The van der Waals surface area contributed by atoms with Crippen LogP contribution in [0.5, 0.6) is 5.75 Å². The van der Waals surface area contributed by atoms with Crippen LogP contribution in [0.3, 0.4) is 0 Å². The standard InChI is InChI=1S/C25H23F5N4O5/c1-12-4-5-24(7-15(32-39-24)8-25(28,29)30)18-11-33(12)23(38)19-21(36)20(35)16(10-34(18)19)22(37)31-9-13-2-3-14(26)6-17(13)27/h2-3,6,10,12,18,36H,4-5,7-9,11H2,1H3,(H,31,37)/t12-,18+,24-/m0/s1. The maximum Gasteiger partial charge on any atom is 0.394 e. The lowest BCUT2D eigenvalue weighted by molar-refractivity contribution is -0.121. The Hall–Kier alpha value is -3.97. The smallest absolute Gasteiger partial charge is 0.394 e. The summed E-state index contributed by atoms with van der Waals surface area (Å²) in [7, 11) is 0. The summed E-state index contributed by atoms with van der Waals surface area (Å²) in [5, 5.41) is 16.8. The molecule has 5 rings (SSSR count). The zero-order valence-corrected chi connectivity index (χ0v) is 20.5. The van der Waals surface area contributed by atoms with E-state index in [2.05, 4.69) is 10.5 Å². The van der Waals surface area contributed by atoms with Crippen molar-refractivity contribution in [3.05, 3.63) is 63.1 Å². The van der Waals surface area contributed by atoms with Gasteiger partial charge < -0.3 is 24.7 Å². The van der Waals surface area contributed by atoms with Crippen molar-refractivity contribution < 1.29 is 41.5 Å². The normalized spacial score (nSPS) is 24.2.